The molecule has 0 saturated carbocycles. The summed E-state index contributed by atoms with van der Waals surface area (Å²) in [5.41, 5.74) is 1.45. The highest BCUT2D eigenvalue weighted by molar-refractivity contribution is 14.1. The van der Waals surface area contributed by atoms with Crippen LogP contribution in [0.15, 0.2) is 28.7 Å². The molecule has 0 heterocycles. The molecule has 124 valence electrons. The van der Waals surface area contributed by atoms with Gasteiger partial charge in [0.1, 0.15) is 5.78 Å². The molecule has 0 bridgehead atoms. The number of halogens is 2. The minimum Gasteiger partial charge on any atom is -0.299 e. The fourth-order valence-corrected chi connectivity index (χ4v) is 6.25. The Hall–Kier alpha value is 0.317. The predicted octanol–water partition coefficient (Wildman–Crippen LogP) is 6.65. The average Bonchev–Trinajstić information content (AvgIpc) is 2.43. The van der Waals surface area contributed by atoms with Gasteiger partial charge in [0.05, 0.1) is 12.0 Å². The Morgan fingerprint density at radius 2 is 1.73 bits per heavy atom. The molecule has 0 aliphatic heterocycles. The van der Waals surface area contributed by atoms with Crippen molar-refractivity contribution >= 4 is 52.4 Å². The van der Waals surface area contributed by atoms with Crippen molar-refractivity contribution in [1.29, 1.82) is 0 Å². The van der Waals surface area contributed by atoms with Gasteiger partial charge in [-0.1, -0.05) is 91.4 Å². The SMILES string of the molecule is CC[C@@H](I)C(=O)[C@@H](Cc1ccc(Br)cc1)[Si](C)(C)C(C)(C)C. The quantitative estimate of drug-likeness (QED) is 0.245. The summed E-state index contributed by atoms with van der Waals surface area (Å²) in [6.07, 6.45) is 1.80. The molecule has 0 N–H and O–H groups in total. The molecule has 22 heavy (non-hydrogen) atoms. The smallest absolute Gasteiger partial charge is 0.146 e. The highest BCUT2D eigenvalue weighted by atomic mass is 127. The number of ketones is 1. The highest BCUT2D eigenvalue weighted by Crippen LogP contribution is 2.46. The number of rotatable bonds is 6. The normalized spacial score (nSPS) is 15.5. The maximum atomic E-state index is 13.1. The van der Waals surface area contributed by atoms with Crippen LogP contribution in [0, 0.1) is 0 Å². The molecule has 1 rings (SSSR count). The van der Waals surface area contributed by atoms with Crippen LogP contribution in [0.1, 0.15) is 39.7 Å². The molecule has 0 amide bonds. The monoisotopic (exact) mass is 494 g/mol. The molecule has 0 aliphatic carbocycles. The highest BCUT2D eigenvalue weighted by Gasteiger charge is 2.46. The van der Waals surface area contributed by atoms with Crippen LogP contribution in [0.25, 0.3) is 0 Å². The van der Waals surface area contributed by atoms with Gasteiger partial charge in [-0.15, -0.1) is 0 Å². The van der Waals surface area contributed by atoms with Gasteiger partial charge in [-0.25, -0.2) is 0 Å². The summed E-state index contributed by atoms with van der Waals surface area (Å²) < 4.78 is 1.22. The summed E-state index contributed by atoms with van der Waals surface area (Å²) in [7, 11) is -1.74. The number of hydrogen-bond donors (Lipinski definition) is 0. The first kappa shape index (κ1) is 20.4. The predicted molar refractivity (Wildman–Crippen MR) is 112 cm³/mol. The van der Waals surface area contributed by atoms with Crippen LogP contribution in [0.3, 0.4) is 0 Å². The van der Waals surface area contributed by atoms with Gasteiger partial charge >= 0.3 is 0 Å². The molecule has 4 heteroatoms. The lowest BCUT2D eigenvalue weighted by Gasteiger charge is -2.43. The molecule has 0 spiro atoms. The zero-order valence-electron chi connectivity index (χ0n) is 14.5. The van der Waals surface area contributed by atoms with E-state index in [4.69, 9.17) is 0 Å². The van der Waals surface area contributed by atoms with E-state index >= 15 is 0 Å². The standard InChI is InChI=1S/C18H28BrIOSi/c1-7-15(20)17(21)16(22(5,6)18(2,3)4)12-13-8-10-14(19)11-9-13/h8-11,15-16H,7,12H2,1-6H3/t15-,16-/m1/s1. The van der Waals surface area contributed by atoms with E-state index in [0.29, 0.717) is 5.78 Å². The molecular formula is C18H28BrIOSi. The Kier molecular flexibility index (Phi) is 7.34. The van der Waals surface area contributed by atoms with Crippen molar-refractivity contribution in [3.63, 3.8) is 0 Å². The van der Waals surface area contributed by atoms with E-state index < -0.39 is 8.07 Å². The number of benzene rings is 1. The summed E-state index contributed by atoms with van der Waals surface area (Å²) in [5, 5.41) is 0.215. The van der Waals surface area contributed by atoms with E-state index in [9.17, 15) is 4.79 Å². The summed E-state index contributed by atoms with van der Waals surface area (Å²) in [6.45, 7) is 13.8. The van der Waals surface area contributed by atoms with Gasteiger partial charge in [-0.05, 0) is 35.6 Å². The van der Waals surface area contributed by atoms with E-state index in [1.54, 1.807) is 0 Å². The van der Waals surface area contributed by atoms with E-state index in [2.05, 4.69) is 104 Å². The number of hydrogen-bond acceptors (Lipinski definition) is 1. The van der Waals surface area contributed by atoms with E-state index in [0.717, 1.165) is 17.3 Å². The Bertz CT molecular complexity index is 505. The fourth-order valence-electron chi connectivity index (χ4n) is 2.51. The topological polar surface area (TPSA) is 17.1 Å². The lowest BCUT2D eigenvalue weighted by atomic mass is 10.0. The van der Waals surface area contributed by atoms with Gasteiger partial charge < -0.3 is 0 Å². The van der Waals surface area contributed by atoms with Crippen molar-refractivity contribution in [2.45, 2.75) is 68.1 Å². The van der Waals surface area contributed by atoms with Crippen LogP contribution < -0.4 is 0 Å². The molecule has 0 saturated heterocycles. The van der Waals surface area contributed by atoms with Crippen molar-refractivity contribution in [2.75, 3.05) is 0 Å². The van der Waals surface area contributed by atoms with Crippen LogP contribution in [-0.2, 0) is 11.2 Å². The summed E-state index contributed by atoms with van der Waals surface area (Å²) >= 11 is 5.81. The van der Waals surface area contributed by atoms with Gasteiger partial charge in [0.2, 0.25) is 0 Å². The number of carbonyl (C=O) groups excluding carboxylic acids is 1. The third-order valence-electron chi connectivity index (χ3n) is 5.17. The molecule has 1 aromatic carbocycles. The van der Waals surface area contributed by atoms with Crippen LogP contribution in [0.4, 0.5) is 0 Å². The fraction of sp³-hybridized carbons (Fsp3) is 0.611. The zero-order valence-corrected chi connectivity index (χ0v) is 19.3. The summed E-state index contributed by atoms with van der Waals surface area (Å²) in [6, 6.07) is 8.44. The molecule has 1 nitrogen and oxygen atoms in total. The molecular weight excluding hydrogens is 467 g/mol. The number of alkyl halides is 1. The first-order valence-electron chi connectivity index (χ1n) is 7.93. The summed E-state index contributed by atoms with van der Waals surface area (Å²) in [4.78, 5) is 13.1. The minimum atomic E-state index is -1.74. The molecule has 1 aromatic rings. The van der Waals surface area contributed by atoms with Gasteiger partial charge in [-0.2, -0.15) is 0 Å². The van der Waals surface area contributed by atoms with Gasteiger partial charge in [0, 0.05) is 10.0 Å². The zero-order chi connectivity index (χ0) is 17.1. The van der Waals surface area contributed by atoms with Gasteiger partial charge in [0.15, 0.2) is 0 Å². The molecule has 0 aromatic heterocycles. The third-order valence-corrected chi connectivity index (χ3v) is 13.3. The third kappa shape index (κ3) is 4.90. The van der Waals surface area contributed by atoms with Crippen molar-refractivity contribution in [2.24, 2.45) is 0 Å². The summed E-state index contributed by atoms with van der Waals surface area (Å²) in [5.74, 6) is 0.456. The average molecular weight is 495 g/mol. The van der Waals surface area contributed by atoms with Gasteiger partial charge in [-0.3, -0.25) is 4.79 Å². The largest absolute Gasteiger partial charge is 0.299 e. The molecule has 2 atom stereocenters. The van der Waals surface area contributed by atoms with Crippen molar-refractivity contribution < 1.29 is 4.79 Å². The van der Waals surface area contributed by atoms with Crippen molar-refractivity contribution in [1.82, 2.24) is 0 Å². The van der Waals surface area contributed by atoms with E-state index in [-0.39, 0.29) is 14.5 Å². The molecule has 0 unspecified atom stereocenters. The Morgan fingerprint density at radius 3 is 2.14 bits per heavy atom. The van der Waals surface area contributed by atoms with Crippen molar-refractivity contribution in [3.05, 3.63) is 34.3 Å². The van der Waals surface area contributed by atoms with Crippen LogP contribution in [0.2, 0.25) is 23.7 Å². The molecule has 0 radical (unpaired) electrons. The Balaban J connectivity index is 3.17. The second-order valence-electron chi connectivity index (χ2n) is 7.63. The van der Waals surface area contributed by atoms with E-state index in [1.165, 1.54) is 5.56 Å². The lowest BCUT2D eigenvalue weighted by Crippen LogP contribution is -2.47. The van der Waals surface area contributed by atoms with Gasteiger partial charge in [0.25, 0.3) is 0 Å². The Labute approximate surface area is 158 Å². The van der Waals surface area contributed by atoms with Crippen molar-refractivity contribution in [3.8, 4) is 0 Å². The molecule has 0 fully saturated rings. The Morgan fingerprint density at radius 1 is 1.23 bits per heavy atom. The van der Waals surface area contributed by atoms with E-state index in [1.807, 2.05) is 0 Å². The van der Waals surface area contributed by atoms with Crippen LogP contribution >= 0.6 is 38.5 Å². The van der Waals surface area contributed by atoms with Crippen LogP contribution in [-0.4, -0.2) is 17.8 Å². The lowest BCUT2D eigenvalue weighted by molar-refractivity contribution is -0.118. The first-order chi connectivity index (χ1) is 10.0. The maximum absolute atomic E-state index is 13.1. The molecule has 0 aliphatic rings. The second kappa shape index (κ2) is 7.93. The second-order valence-corrected chi connectivity index (χ2v) is 15.7. The number of carbonyl (C=O) groups is 1. The first-order valence-corrected chi connectivity index (χ1v) is 13.0. The maximum Gasteiger partial charge on any atom is 0.146 e. The minimum absolute atomic E-state index is 0.132. The van der Waals surface area contributed by atoms with Crippen LogP contribution in [0.5, 0.6) is 0 Å². The number of Topliss-reactive ketones (excluding diaryl/α,β-unsaturated/α-hetero) is 1.